The number of hydrogen-bond acceptors (Lipinski definition) is 5. The third-order valence-electron chi connectivity index (χ3n) is 3.32. The van der Waals surface area contributed by atoms with E-state index in [1.165, 1.54) is 12.8 Å². The third kappa shape index (κ3) is 2.15. The molecule has 0 amide bonds. The van der Waals surface area contributed by atoms with Crippen molar-refractivity contribution >= 4 is 17.0 Å². The molecule has 0 bridgehead atoms. The number of aromatic amines is 1. The van der Waals surface area contributed by atoms with E-state index in [0.717, 1.165) is 30.9 Å². The molecule has 3 rings (SSSR count). The van der Waals surface area contributed by atoms with Gasteiger partial charge in [0.1, 0.15) is 11.8 Å². The topological polar surface area (TPSA) is 66.9 Å². The van der Waals surface area contributed by atoms with E-state index in [1.807, 2.05) is 7.05 Å². The molecule has 1 N–H and O–H groups in total. The Morgan fingerprint density at radius 3 is 3.17 bits per heavy atom. The lowest BCUT2D eigenvalue weighted by molar-refractivity contribution is 0.0215. The summed E-state index contributed by atoms with van der Waals surface area (Å²) in [4.78, 5) is 17.8. The normalized spacial score (nSPS) is 20.2. The van der Waals surface area contributed by atoms with Crippen LogP contribution < -0.4 is 4.90 Å². The highest BCUT2D eigenvalue weighted by Crippen LogP contribution is 2.20. The highest BCUT2D eigenvalue weighted by atomic mass is 16.5. The smallest absolute Gasteiger partial charge is 0.182 e. The van der Waals surface area contributed by atoms with Crippen molar-refractivity contribution in [2.24, 2.45) is 0 Å². The minimum absolute atomic E-state index is 0.302. The Labute approximate surface area is 105 Å². The van der Waals surface area contributed by atoms with Crippen LogP contribution in [0.1, 0.15) is 19.3 Å². The van der Waals surface area contributed by atoms with Crippen molar-refractivity contribution in [2.75, 3.05) is 25.1 Å². The molecule has 1 aliphatic heterocycles. The second-order valence-electron chi connectivity index (χ2n) is 4.67. The largest absolute Gasteiger partial charge is 0.376 e. The van der Waals surface area contributed by atoms with Crippen molar-refractivity contribution in [3.05, 3.63) is 12.7 Å². The zero-order valence-electron chi connectivity index (χ0n) is 10.5. The molecule has 0 aliphatic carbocycles. The van der Waals surface area contributed by atoms with Crippen LogP contribution in [0.5, 0.6) is 0 Å². The van der Waals surface area contributed by atoms with E-state index in [9.17, 15) is 0 Å². The lowest BCUT2D eigenvalue weighted by Crippen LogP contribution is -2.33. The van der Waals surface area contributed by atoms with Crippen LogP contribution in [0.4, 0.5) is 5.82 Å². The van der Waals surface area contributed by atoms with Gasteiger partial charge in [0.15, 0.2) is 11.5 Å². The summed E-state index contributed by atoms with van der Waals surface area (Å²) in [5.41, 5.74) is 1.59. The van der Waals surface area contributed by atoms with Gasteiger partial charge in [-0.1, -0.05) is 0 Å². The summed E-state index contributed by atoms with van der Waals surface area (Å²) in [7, 11) is 2.03. The summed E-state index contributed by atoms with van der Waals surface area (Å²) in [6.07, 6.45) is 7.06. The number of rotatable bonds is 3. The number of hydrogen-bond donors (Lipinski definition) is 1. The highest BCUT2D eigenvalue weighted by molar-refractivity contribution is 5.82. The fourth-order valence-electron chi connectivity index (χ4n) is 2.39. The van der Waals surface area contributed by atoms with Crippen LogP contribution in [-0.4, -0.2) is 46.2 Å². The molecule has 96 valence electrons. The van der Waals surface area contributed by atoms with Crippen LogP contribution >= 0.6 is 0 Å². The Kier molecular flexibility index (Phi) is 3.10. The van der Waals surface area contributed by atoms with Gasteiger partial charge in [-0.3, -0.25) is 0 Å². The minimum Gasteiger partial charge on any atom is -0.376 e. The van der Waals surface area contributed by atoms with Gasteiger partial charge in [-0.15, -0.1) is 0 Å². The molecule has 18 heavy (non-hydrogen) atoms. The standard InChI is InChI=1S/C12H17N5O/c1-17(6-9-4-2-3-5-18-9)12-10-11(14-7-13-10)15-8-16-12/h7-9H,2-6H2,1H3,(H,13,14,15,16). The van der Waals surface area contributed by atoms with Crippen molar-refractivity contribution < 1.29 is 4.74 Å². The van der Waals surface area contributed by atoms with Crippen LogP contribution in [-0.2, 0) is 4.74 Å². The van der Waals surface area contributed by atoms with Gasteiger partial charge in [-0.05, 0) is 19.3 Å². The number of imidazole rings is 1. The SMILES string of the molecule is CN(CC1CCCCO1)c1ncnc2nc[nH]c12. The fourth-order valence-corrected chi connectivity index (χ4v) is 2.39. The summed E-state index contributed by atoms with van der Waals surface area (Å²) >= 11 is 0. The number of ether oxygens (including phenoxy) is 1. The van der Waals surface area contributed by atoms with E-state index in [0.29, 0.717) is 11.8 Å². The highest BCUT2D eigenvalue weighted by Gasteiger charge is 2.18. The summed E-state index contributed by atoms with van der Waals surface area (Å²) in [5.74, 6) is 0.881. The molecule has 6 nitrogen and oxygen atoms in total. The maximum atomic E-state index is 5.75. The van der Waals surface area contributed by atoms with Crippen LogP contribution in [0.25, 0.3) is 11.2 Å². The van der Waals surface area contributed by atoms with Crippen LogP contribution in [0.2, 0.25) is 0 Å². The first-order chi connectivity index (χ1) is 8.84. The lowest BCUT2D eigenvalue weighted by atomic mass is 10.1. The molecule has 1 atom stereocenters. The predicted molar refractivity (Wildman–Crippen MR) is 68.5 cm³/mol. The van der Waals surface area contributed by atoms with Gasteiger partial charge in [0.05, 0.1) is 12.4 Å². The molecule has 0 aromatic carbocycles. The van der Waals surface area contributed by atoms with E-state index in [-0.39, 0.29) is 0 Å². The number of anilines is 1. The molecular formula is C12H17N5O. The molecule has 2 aromatic heterocycles. The summed E-state index contributed by atoms with van der Waals surface area (Å²) < 4.78 is 5.75. The van der Waals surface area contributed by atoms with E-state index in [4.69, 9.17) is 4.74 Å². The van der Waals surface area contributed by atoms with Crippen molar-refractivity contribution in [2.45, 2.75) is 25.4 Å². The van der Waals surface area contributed by atoms with Crippen LogP contribution in [0.3, 0.4) is 0 Å². The van der Waals surface area contributed by atoms with Gasteiger partial charge in [-0.2, -0.15) is 0 Å². The van der Waals surface area contributed by atoms with Crippen molar-refractivity contribution in [1.29, 1.82) is 0 Å². The zero-order valence-corrected chi connectivity index (χ0v) is 10.5. The molecule has 1 aliphatic rings. The van der Waals surface area contributed by atoms with Crippen molar-refractivity contribution in [3.8, 4) is 0 Å². The van der Waals surface area contributed by atoms with E-state index in [2.05, 4.69) is 24.8 Å². The molecule has 0 radical (unpaired) electrons. The zero-order chi connectivity index (χ0) is 12.4. The first kappa shape index (κ1) is 11.4. The first-order valence-corrected chi connectivity index (χ1v) is 6.31. The second-order valence-corrected chi connectivity index (χ2v) is 4.67. The molecule has 1 unspecified atom stereocenters. The summed E-state index contributed by atoms with van der Waals surface area (Å²) in [5, 5.41) is 0. The molecule has 0 spiro atoms. The van der Waals surface area contributed by atoms with Gasteiger partial charge < -0.3 is 14.6 Å². The van der Waals surface area contributed by atoms with Crippen LogP contribution in [0.15, 0.2) is 12.7 Å². The second kappa shape index (κ2) is 4.89. The quantitative estimate of drug-likeness (QED) is 0.887. The molecule has 1 fully saturated rings. The number of nitrogens with one attached hydrogen (secondary N) is 1. The van der Waals surface area contributed by atoms with Crippen LogP contribution in [0, 0.1) is 0 Å². The fraction of sp³-hybridized carbons (Fsp3) is 0.583. The molecule has 1 saturated heterocycles. The molecule has 3 heterocycles. The lowest BCUT2D eigenvalue weighted by Gasteiger charge is -2.28. The van der Waals surface area contributed by atoms with Gasteiger partial charge >= 0.3 is 0 Å². The monoisotopic (exact) mass is 247 g/mol. The van der Waals surface area contributed by atoms with Crippen molar-refractivity contribution in [1.82, 2.24) is 19.9 Å². The average molecular weight is 247 g/mol. The number of H-pyrrole nitrogens is 1. The Hall–Kier alpha value is -1.69. The van der Waals surface area contributed by atoms with Gasteiger partial charge in [0, 0.05) is 20.2 Å². The summed E-state index contributed by atoms with van der Waals surface area (Å²) in [6, 6.07) is 0. The Balaban J connectivity index is 1.78. The number of fused-ring (bicyclic) bond motifs is 1. The molecule has 6 heteroatoms. The molecule has 2 aromatic rings. The number of nitrogens with zero attached hydrogens (tertiary/aromatic N) is 4. The predicted octanol–water partition coefficient (Wildman–Crippen LogP) is 1.36. The van der Waals surface area contributed by atoms with Gasteiger partial charge in [-0.25, -0.2) is 15.0 Å². The average Bonchev–Trinajstić information content (AvgIpc) is 2.87. The van der Waals surface area contributed by atoms with E-state index < -0.39 is 0 Å². The molecular weight excluding hydrogens is 230 g/mol. The summed E-state index contributed by atoms with van der Waals surface area (Å²) in [6.45, 7) is 1.73. The number of aromatic nitrogens is 4. The maximum absolute atomic E-state index is 5.75. The van der Waals surface area contributed by atoms with E-state index >= 15 is 0 Å². The van der Waals surface area contributed by atoms with Gasteiger partial charge in [0.2, 0.25) is 0 Å². The minimum atomic E-state index is 0.302. The van der Waals surface area contributed by atoms with E-state index in [1.54, 1.807) is 12.7 Å². The Bertz CT molecular complexity index is 520. The van der Waals surface area contributed by atoms with Gasteiger partial charge in [0.25, 0.3) is 0 Å². The number of likely N-dealkylation sites (N-methyl/N-ethyl adjacent to an activating group) is 1. The Morgan fingerprint density at radius 1 is 1.39 bits per heavy atom. The Morgan fingerprint density at radius 2 is 2.33 bits per heavy atom. The first-order valence-electron chi connectivity index (χ1n) is 6.31. The molecule has 0 saturated carbocycles. The van der Waals surface area contributed by atoms with Crippen molar-refractivity contribution in [3.63, 3.8) is 0 Å². The third-order valence-corrected chi connectivity index (χ3v) is 3.32. The maximum Gasteiger partial charge on any atom is 0.182 e.